The summed E-state index contributed by atoms with van der Waals surface area (Å²) in [5.41, 5.74) is 1.70. The van der Waals surface area contributed by atoms with Gasteiger partial charge >= 0.3 is 0 Å². The Morgan fingerprint density at radius 1 is 1.03 bits per heavy atom. The molecule has 1 amide bonds. The van der Waals surface area contributed by atoms with Crippen LogP contribution < -0.4 is 14.4 Å². The van der Waals surface area contributed by atoms with Gasteiger partial charge in [-0.25, -0.2) is 8.42 Å². The van der Waals surface area contributed by atoms with Gasteiger partial charge in [0.15, 0.2) is 9.84 Å². The van der Waals surface area contributed by atoms with Crippen molar-refractivity contribution < 1.29 is 22.7 Å². The largest absolute Gasteiger partial charge is 0.497 e. The van der Waals surface area contributed by atoms with Crippen molar-refractivity contribution in [1.82, 2.24) is 4.90 Å². The van der Waals surface area contributed by atoms with E-state index in [1.807, 2.05) is 29.2 Å². The average molecular weight is 465 g/mol. The Balaban J connectivity index is 1.56. The number of fused-ring (bicyclic) bond motifs is 1. The van der Waals surface area contributed by atoms with Crippen molar-refractivity contribution in [2.75, 3.05) is 43.7 Å². The van der Waals surface area contributed by atoms with E-state index in [2.05, 4.69) is 0 Å². The van der Waals surface area contributed by atoms with Gasteiger partial charge in [0.05, 0.1) is 43.3 Å². The summed E-state index contributed by atoms with van der Waals surface area (Å²) < 4.78 is 35.4. The zero-order valence-corrected chi connectivity index (χ0v) is 19.0. The average Bonchev–Trinajstić information content (AvgIpc) is 3.07. The molecule has 0 saturated carbocycles. The number of methoxy groups -OCH3 is 2. The van der Waals surface area contributed by atoms with E-state index >= 15 is 0 Å². The predicted molar refractivity (Wildman–Crippen MR) is 120 cm³/mol. The lowest BCUT2D eigenvalue weighted by Gasteiger charge is -2.43. The Hall–Kier alpha value is -2.29. The number of amides is 1. The molecule has 0 aliphatic carbocycles. The Kier molecular flexibility index (Phi) is 6.14. The number of nitrogens with zero attached hydrogens (tertiary/aromatic N) is 2. The van der Waals surface area contributed by atoms with Crippen molar-refractivity contribution in [2.24, 2.45) is 0 Å². The summed E-state index contributed by atoms with van der Waals surface area (Å²) >= 11 is 6.26. The Labute approximate surface area is 187 Å². The summed E-state index contributed by atoms with van der Waals surface area (Å²) in [6.07, 6.45) is 0.717. The number of benzene rings is 2. The zero-order valence-electron chi connectivity index (χ0n) is 17.5. The van der Waals surface area contributed by atoms with Gasteiger partial charge in [-0.2, -0.15) is 0 Å². The first-order chi connectivity index (χ1) is 14.8. The smallest absolute Gasteiger partial charge is 0.241 e. The van der Waals surface area contributed by atoms with Gasteiger partial charge < -0.3 is 14.4 Å². The molecule has 2 aromatic carbocycles. The second kappa shape index (κ2) is 8.68. The molecule has 2 aromatic rings. The van der Waals surface area contributed by atoms with E-state index in [-0.39, 0.29) is 30.0 Å². The topological polar surface area (TPSA) is 76.2 Å². The lowest BCUT2D eigenvalue weighted by molar-refractivity contribution is -0.123. The van der Waals surface area contributed by atoms with Gasteiger partial charge in [0.1, 0.15) is 11.5 Å². The van der Waals surface area contributed by atoms with Gasteiger partial charge in [0.25, 0.3) is 0 Å². The molecule has 7 nitrogen and oxygen atoms in total. The van der Waals surface area contributed by atoms with Crippen molar-refractivity contribution in [3.05, 3.63) is 53.1 Å². The third-order valence-electron chi connectivity index (χ3n) is 5.96. The van der Waals surface area contributed by atoms with Crippen LogP contribution in [0.5, 0.6) is 11.5 Å². The monoisotopic (exact) mass is 464 g/mol. The molecule has 0 radical (unpaired) electrons. The number of hydrogen-bond donors (Lipinski definition) is 0. The highest BCUT2D eigenvalue weighted by atomic mass is 35.5. The number of hydrogen-bond acceptors (Lipinski definition) is 6. The van der Waals surface area contributed by atoms with Crippen LogP contribution in [0.2, 0.25) is 5.02 Å². The Bertz CT molecular complexity index is 1070. The van der Waals surface area contributed by atoms with E-state index in [9.17, 15) is 13.2 Å². The first kappa shape index (κ1) is 21.9. The lowest BCUT2D eigenvalue weighted by Crippen LogP contribution is -2.62. The minimum absolute atomic E-state index is 0.0495. The number of ether oxygens (including phenoxy) is 2. The second-order valence-corrected chi connectivity index (χ2v) is 10.4. The fourth-order valence-electron chi connectivity index (χ4n) is 4.41. The molecule has 2 fully saturated rings. The van der Waals surface area contributed by atoms with E-state index in [0.29, 0.717) is 23.0 Å². The molecule has 31 heavy (non-hydrogen) atoms. The highest BCUT2D eigenvalue weighted by Crippen LogP contribution is 2.35. The molecule has 4 rings (SSSR count). The number of halogens is 1. The number of anilines is 1. The van der Waals surface area contributed by atoms with E-state index in [1.165, 1.54) is 7.11 Å². The molecule has 9 heteroatoms. The van der Waals surface area contributed by atoms with Crippen LogP contribution >= 0.6 is 11.6 Å². The summed E-state index contributed by atoms with van der Waals surface area (Å²) in [5, 5.41) is 0.382. The third-order valence-corrected chi connectivity index (χ3v) is 7.96. The maximum absolute atomic E-state index is 13.1. The van der Waals surface area contributed by atoms with Crippen LogP contribution in [0.4, 0.5) is 5.69 Å². The van der Waals surface area contributed by atoms with Crippen LogP contribution in [0.15, 0.2) is 42.5 Å². The highest BCUT2D eigenvalue weighted by Gasteiger charge is 2.49. The normalized spacial score (nSPS) is 22.9. The van der Waals surface area contributed by atoms with Crippen LogP contribution in [0.3, 0.4) is 0 Å². The first-order valence-corrected chi connectivity index (χ1v) is 12.2. The van der Waals surface area contributed by atoms with Crippen molar-refractivity contribution in [3.8, 4) is 11.5 Å². The SMILES string of the molecule is COc1ccc(CCN2CC(=O)N(c3ccc(OC)c(Cl)c3)[C@@H]3CS(=O)(=O)C[C@H]32)cc1. The summed E-state index contributed by atoms with van der Waals surface area (Å²) in [5.74, 6) is 1.16. The molecule has 2 aliphatic heterocycles. The molecular weight excluding hydrogens is 440 g/mol. The first-order valence-electron chi connectivity index (χ1n) is 10.0. The van der Waals surface area contributed by atoms with Gasteiger partial charge in [0.2, 0.25) is 5.91 Å². The van der Waals surface area contributed by atoms with Gasteiger partial charge in [-0.1, -0.05) is 23.7 Å². The molecule has 2 atom stereocenters. The number of carbonyl (C=O) groups is 1. The highest BCUT2D eigenvalue weighted by molar-refractivity contribution is 7.91. The van der Waals surface area contributed by atoms with Gasteiger partial charge in [-0.15, -0.1) is 0 Å². The van der Waals surface area contributed by atoms with E-state index in [1.54, 1.807) is 30.2 Å². The summed E-state index contributed by atoms with van der Waals surface area (Å²) in [6, 6.07) is 12.2. The number of sulfone groups is 1. The van der Waals surface area contributed by atoms with E-state index in [0.717, 1.165) is 17.7 Å². The number of carbonyl (C=O) groups excluding carboxylic acids is 1. The number of piperazine rings is 1. The van der Waals surface area contributed by atoms with Crippen LogP contribution in [0.25, 0.3) is 0 Å². The van der Waals surface area contributed by atoms with Crippen molar-refractivity contribution in [1.29, 1.82) is 0 Å². The van der Waals surface area contributed by atoms with Crippen LogP contribution in [-0.2, 0) is 21.1 Å². The van der Waals surface area contributed by atoms with Crippen LogP contribution in [-0.4, -0.2) is 70.1 Å². The summed E-state index contributed by atoms with van der Waals surface area (Å²) in [4.78, 5) is 16.7. The quantitative estimate of drug-likeness (QED) is 0.653. The third kappa shape index (κ3) is 4.51. The summed E-state index contributed by atoms with van der Waals surface area (Å²) in [6.45, 7) is 0.766. The second-order valence-electron chi connectivity index (χ2n) is 7.86. The molecule has 2 heterocycles. The Morgan fingerprint density at radius 2 is 1.74 bits per heavy atom. The van der Waals surface area contributed by atoms with Crippen LogP contribution in [0, 0.1) is 0 Å². The maximum atomic E-state index is 13.1. The molecule has 0 bridgehead atoms. The van der Waals surface area contributed by atoms with Gasteiger partial charge in [0, 0.05) is 18.3 Å². The number of rotatable bonds is 6. The molecule has 0 unspecified atom stereocenters. The van der Waals surface area contributed by atoms with Crippen LogP contribution in [0.1, 0.15) is 5.56 Å². The van der Waals surface area contributed by atoms with Crippen molar-refractivity contribution in [2.45, 2.75) is 18.5 Å². The van der Waals surface area contributed by atoms with Gasteiger partial charge in [-0.05, 0) is 42.3 Å². The van der Waals surface area contributed by atoms with Gasteiger partial charge in [-0.3, -0.25) is 9.69 Å². The minimum atomic E-state index is -3.25. The molecule has 0 aromatic heterocycles. The molecule has 2 aliphatic rings. The molecular formula is C22H25ClN2O5S. The fourth-order valence-corrected chi connectivity index (χ4v) is 6.64. The van der Waals surface area contributed by atoms with E-state index in [4.69, 9.17) is 21.1 Å². The predicted octanol–water partition coefficient (Wildman–Crippen LogP) is 2.41. The van der Waals surface area contributed by atoms with E-state index < -0.39 is 15.9 Å². The lowest BCUT2D eigenvalue weighted by atomic mass is 10.0. The summed E-state index contributed by atoms with van der Waals surface area (Å²) in [7, 11) is -0.108. The van der Waals surface area contributed by atoms with Crippen molar-refractivity contribution in [3.63, 3.8) is 0 Å². The molecule has 0 N–H and O–H groups in total. The zero-order chi connectivity index (χ0) is 22.2. The van der Waals surface area contributed by atoms with Crippen molar-refractivity contribution >= 4 is 33.0 Å². The molecule has 0 spiro atoms. The Morgan fingerprint density at radius 3 is 2.39 bits per heavy atom. The minimum Gasteiger partial charge on any atom is -0.497 e. The fraction of sp³-hybridized carbons (Fsp3) is 0.409. The maximum Gasteiger partial charge on any atom is 0.241 e. The molecule has 166 valence electrons. The standard InChI is InChI=1S/C22H25ClN2O5S/c1-29-17-6-3-15(4-7-17)9-10-24-12-22(26)25(20-14-31(27,28)13-19(20)24)16-5-8-21(30-2)18(23)11-16/h3-8,11,19-20H,9-10,12-14H2,1-2H3/t19-,20-/m1/s1. The molecule has 2 saturated heterocycles.